The molecule has 3 heterocycles. The number of fused-ring (bicyclic) bond motifs is 1. The second-order valence-corrected chi connectivity index (χ2v) is 13.3. The van der Waals surface area contributed by atoms with Gasteiger partial charge in [0.1, 0.15) is 22.6 Å². The van der Waals surface area contributed by atoms with Crippen LogP contribution in [0.1, 0.15) is 53.5 Å². The van der Waals surface area contributed by atoms with Crippen LogP contribution in [0.15, 0.2) is 41.5 Å². The monoisotopic (exact) mass is 605 g/mol. The first-order valence-electron chi connectivity index (χ1n) is 13.6. The summed E-state index contributed by atoms with van der Waals surface area (Å²) in [5.41, 5.74) is -2.46. The number of pyridine rings is 1. The van der Waals surface area contributed by atoms with E-state index in [2.05, 4.69) is 4.98 Å². The van der Waals surface area contributed by atoms with Crippen LogP contribution in [0, 0.1) is 17.7 Å². The van der Waals surface area contributed by atoms with Crippen molar-refractivity contribution < 1.29 is 37.3 Å². The van der Waals surface area contributed by atoms with E-state index in [1.165, 1.54) is 36.2 Å². The molecule has 0 bridgehead atoms. The van der Waals surface area contributed by atoms with Crippen LogP contribution in [0.5, 0.6) is 0 Å². The molecule has 2 aromatic rings. The number of rotatable bonds is 4. The van der Waals surface area contributed by atoms with E-state index in [1.807, 2.05) is 0 Å². The minimum Gasteiger partial charge on any atom is -0.443 e. The molecule has 12 heteroatoms. The molecule has 0 aliphatic carbocycles. The number of aliphatic imine (C=N–C) groups is 1. The van der Waals surface area contributed by atoms with E-state index in [0.717, 1.165) is 4.90 Å². The van der Waals surface area contributed by atoms with Crippen molar-refractivity contribution in [3.63, 3.8) is 0 Å². The van der Waals surface area contributed by atoms with Gasteiger partial charge in [-0.2, -0.15) is 9.29 Å². The van der Waals surface area contributed by atoms with Gasteiger partial charge in [0.2, 0.25) is 5.95 Å². The number of hydrogen-bond donors (Lipinski definition) is 0. The standard InChI is InChI=1S/C30H37F2N3O6S/c1-28(2,3)40-26(36)35(27(37)41-29(4,5)6)25-34-30(17-39-20(15-38-7)14-19(30)16-42-25)22-13-18(10-11-23(22)31)21-9-8-12-33-24(21)32/h8-13,19-20H,14-17H2,1-7H3/t19-,20+,30-/m0/s1. The Morgan fingerprint density at radius 2 is 1.76 bits per heavy atom. The smallest absolute Gasteiger partial charge is 0.426 e. The Kier molecular flexibility index (Phi) is 9.29. The second kappa shape index (κ2) is 12.3. The maximum absolute atomic E-state index is 15.8. The Morgan fingerprint density at radius 1 is 1.10 bits per heavy atom. The van der Waals surface area contributed by atoms with Gasteiger partial charge < -0.3 is 18.9 Å². The third-order valence-corrected chi connectivity index (χ3v) is 7.77. The summed E-state index contributed by atoms with van der Waals surface area (Å²) in [6, 6.07) is 7.40. The van der Waals surface area contributed by atoms with Crippen molar-refractivity contribution in [2.24, 2.45) is 10.9 Å². The molecule has 4 rings (SSSR count). The maximum atomic E-state index is 15.8. The first-order valence-corrected chi connectivity index (χ1v) is 14.6. The first-order chi connectivity index (χ1) is 19.6. The van der Waals surface area contributed by atoms with Crippen molar-refractivity contribution in [2.45, 2.75) is 70.8 Å². The van der Waals surface area contributed by atoms with Crippen LogP contribution in [-0.4, -0.2) is 70.6 Å². The molecule has 1 aromatic heterocycles. The molecule has 1 fully saturated rings. The average molecular weight is 606 g/mol. The fourth-order valence-electron chi connectivity index (χ4n) is 4.90. The number of nitrogens with zero attached hydrogens (tertiary/aromatic N) is 3. The van der Waals surface area contributed by atoms with Gasteiger partial charge in [0.25, 0.3) is 0 Å². The zero-order chi connectivity index (χ0) is 30.9. The summed E-state index contributed by atoms with van der Waals surface area (Å²) in [6.07, 6.45) is -0.406. The van der Waals surface area contributed by atoms with Gasteiger partial charge in [0.15, 0.2) is 5.17 Å². The Hall–Kier alpha value is -3.09. The molecule has 1 aromatic carbocycles. The minimum absolute atomic E-state index is 0.0131. The normalized spacial score (nSPS) is 22.5. The fraction of sp³-hybridized carbons (Fsp3) is 0.533. The lowest BCUT2D eigenvalue weighted by molar-refractivity contribution is -0.0839. The van der Waals surface area contributed by atoms with Gasteiger partial charge in [-0.05, 0) is 77.8 Å². The number of halogens is 2. The molecular weight excluding hydrogens is 568 g/mol. The van der Waals surface area contributed by atoms with Crippen LogP contribution in [0.3, 0.4) is 0 Å². The van der Waals surface area contributed by atoms with Crippen LogP contribution in [-0.2, 0) is 24.5 Å². The zero-order valence-electron chi connectivity index (χ0n) is 24.9. The molecule has 2 aliphatic rings. The van der Waals surface area contributed by atoms with Crippen LogP contribution in [0.4, 0.5) is 18.4 Å². The first kappa shape index (κ1) is 31.8. The number of carbonyl (C=O) groups excluding carboxylic acids is 2. The number of thioether (sulfide) groups is 1. The van der Waals surface area contributed by atoms with Crippen LogP contribution in [0.25, 0.3) is 11.1 Å². The summed E-state index contributed by atoms with van der Waals surface area (Å²) in [7, 11) is 1.57. The Balaban J connectivity index is 1.88. The van der Waals surface area contributed by atoms with E-state index in [9.17, 15) is 14.0 Å². The predicted molar refractivity (Wildman–Crippen MR) is 155 cm³/mol. The number of benzene rings is 1. The summed E-state index contributed by atoms with van der Waals surface area (Å²) < 4.78 is 53.0. The van der Waals surface area contributed by atoms with Gasteiger partial charge in [0.05, 0.1) is 19.3 Å². The number of carbonyl (C=O) groups is 2. The highest BCUT2D eigenvalue weighted by Gasteiger charge is 2.51. The van der Waals surface area contributed by atoms with E-state index in [-0.39, 0.29) is 34.9 Å². The number of amides is 2. The third kappa shape index (κ3) is 7.09. The number of hydrogen-bond acceptors (Lipinski definition) is 9. The fourth-order valence-corrected chi connectivity index (χ4v) is 6.16. The number of ether oxygens (including phenoxy) is 4. The highest BCUT2D eigenvalue weighted by Crippen LogP contribution is 2.48. The lowest BCUT2D eigenvalue weighted by Gasteiger charge is -2.47. The second-order valence-electron chi connectivity index (χ2n) is 12.3. The van der Waals surface area contributed by atoms with Gasteiger partial charge in [-0.15, -0.1) is 0 Å². The molecule has 42 heavy (non-hydrogen) atoms. The summed E-state index contributed by atoms with van der Waals surface area (Å²) in [5, 5.41) is -0.0131. The average Bonchev–Trinajstić information content (AvgIpc) is 2.87. The van der Waals surface area contributed by atoms with Gasteiger partial charge >= 0.3 is 12.2 Å². The predicted octanol–water partition coefficient (Wildman–Crippen LogP) is 6.55. The van der Waals surface area contributed by atoms with E-state index in [1.54, 1.807) is 60.8 Å². The number of methoxy groups -OCH3 is 1. The van der Waals surface area contributed by atoms with Crippen molar-refractivity contribution in [1.82, 2.24) is 9.88 Å². The number of amidine groups is 1. The van der Waals surface area contributed by atoms with Gasteiger partial charge in [-0.3, -0.25) is 0 Å². The van der Waals surface area contributed by atoms with Crippen molar-refractivity contribution >= 4 is 29.1 Å². The lowest BCUT2D eigenvalue weighted by Crippen LogP contribution is -2.54. The summed E-state index contributed by atoms with van der Waals surface area (Å²) in [4.78, 5) is 36.2. The Morgan fingerprint density at radius 3 is 2.36 bits per heavy atom. The summed E-state index contributed by atoms with van der Waals surface area (Å²) in [5.74, 6) is -1.19. The third-order valence-electron chi connectivity index (χ3n) is 6.67. The molecule has 2 amide bonds. The maximum Gasteiger partial charge on any atom is 0.426 e. The van der Waals surface area contributed by atoms with E-state index in [4.69, 9.17) is 23.9 Å². The Labute approximate surface area is 249 Å². The summed E-state index contributed by atoms with van der Waals surface area (Å²) >= 11 is 1.17. The zero-order valence-corrected chi connectivity index (χ0v) is 25.7. The lowest BCUT2D eigenvalue weighted by atomic mass is 9.74. The topological polar surface area (TPSA) is 99.5 Å². The highest BCUT2D eigenvalue weighted by atomic mass is 32.2. The summed E-state index contributed by atoms with van der Waals surface area (Å²) in [6.45, 7) is 10.3. The minimum atomic E-state index is -1.36. The number of aromatic nitrogens is 1. The Bertz CT molecular complexity index is 1330. The van der Waals surface area contributed by atoms with E-state index in [0.29, 0.717) is 24.3 Å². The van der Waals surface area contributed by atoms with Crippen molar-refractivity contribution in [2.75, 3.05) is 26.1 Å². The molecule has 1 saturated heterocycles. The SMILES string of the molecule is COC[C@H]1C[C@H]2CSC(N(C(=O)OC(C)(C)C)C(=O)OC(C)(C)C)=N[C@@]2(c2cc(-c3cccnc3F)ccc2F)CO1. The van der Waals surface area contributed by atoms with Gasteiger partial charge in [-0.25, -0.2) is 24.0 Å². The highest BCUT2D eigenvalue weighted by molar-refractivity contribution is 8.13. The molecule has 0 spiro atoms. The molecular formula is C30H37F2N3O6S. The van der Waals surface area contributed by atoms with Gasteiger partial charge in [-0.1, -0.05) is 17.8 Å². The van der Waals surface area contributed by atoms with Crippen LogP contribution in [0.2, 0.25) is 0 Å². The van der Waals surface area contributed by atoms with Crippen molar-refractivity contribution in [3.05, 3.63) is 53.9 Å². The molecule has 2 aliphatic heterocycles. The molecule has 3 atom stereocenters. The van der Waals surface area contributed by atoms with E-state index >= 15 is 4.39 Å². The van der Waals surface area contributed by atoms with Crippen molar-refractivity contribution in [3.8, 4) is 11.1 Å². The quantitative estimate of drug-likeness (QED) is 0.362. The molecule has 0 N–H and O–H groups in total. The largest absolute Gasteiger partial charge is 0.443 e. The molecule has 9 nitrogen and oxygen atoms in total. The van der Waals surface area contributed by atoms with Crippen LogP contribution >= 0.6 is 11.8 Å². The molecule has 0 saturated carbocycles. The molecule has 228 valence electrons. The number of imide groups is 1. The molecule has 0 unspecified atom stereocenters. The molecule has 0 radical (unpaired) electrons. The van der Waals surface area contributed by atoms with Crippen molar-refractivity contribution in [1.29, 1.82) is 0 Å². The van der Waals surface area contributed by atoms with E-state index < -0.39 is 40.7 Å². The van der Waals surface area contributed by atoms with Crippen LogP contribution < -0.4 is 0 Å². The van der Waals surface area contributed by atoms with Gasteiger partial charge in [0, 0.05) is 36.1 Å².